The summed E-state index contributed by atoms with van der Waals surface area (Å²) < 4.78 is 0.910. The molecule has 1 aromatic carbocycles. The lowest BCUT2D eigenvalue weighted by atomic mass is 9.84. The molecule has 114 valence electrons. The molecule has 5 heteroatoms. The van der Waals surface area contributed by atoms with Crippen molar-refractivity contribution in [2.75, 3.05) is 0 Å². The van der Waals surface area contributed by atoms with Crippen LogP contribution in [-0.2, 0) is 4.79 Å². The molecule has 0 aromatic heterocycles. The van der Waals surface area contributed by atoms with E-state index in [1.165, 1.54) is 19.3 Å². The van der Waals surface area contributed by atoms with Crippen molar-refractivity contribution in [1.29, 1.82) is 0 Å². The topological polar surface area (TPSA) is 72.2 Å². The Hall–Kier alpha value is -1.36. The second kappa shape index (κ2) is 7.59. The van der Waals surface area contributed by atoms with Crippen LogP contribution in [0.15, 0.2) is 28.7 Å². The Labute approximate surface area is 133 Å². The van der Waals surface area contributed by atoms with Gasteiger partial charge in [-0.3, -0.25) is 9.59 Å². The van der Waals surface area contributed by atoms with E-state index in [1.54, 1.807) is 24.3 Å². The van der Waals surface area contributed by atoms with E-state index < -0.39 is 11.9 Å². The summed E-state index contributed by atoms with van der Waals surface area (Å²) in [6.07, 6.45) is 6.57. The highest BCUT2D eigenvalue weighted by Gasteiger charge is 2.24. The van der Waals surface area contributed by atoms with Crippen molar-refractivity contribution in [1.82, 2.24) is 5.32 Å². The van der Waals surface area contributed by atoms with Crippen LogP contribution in [0.2, 0.25) is 0 Å². The lowest BCUT2D eigenvalue weighted by Crippen LogP contribution is -2.45. The minimum atomic E-state index is -0.579. The van der Waals surface area contributed by atoms with E-state index in [-0.39, 0.29) is 5.91 Å². The number of carbonyl (C=O) groups excluding carboxylic acids is 2. The van der Waals surface area contributed by atoms with Crippen molar-refractivity contribution < 1.29 is 9.59 Å². The largest absolute Gasteiger partial charge is 0.368 e. The van der Waals surface area contributed by atoms with Gasteiger partial charge in [-0.1, -0.05) is 48.0 Å². The van der Waals surface area contributed by atoms with E-state index in [0.717, 1.165) is 17.3 Å². The van der Waals surface area contributed by atoms with E-state index in [0.29, 0.717) is 17.9 Å². The van der Waals surface area contributed by atoms with Crippen LogP contribution in [0, 0.1) is 5.92 Å². The lowest BCUT2D eigenvalue weighted by Gasteiger charge is -2.25. The average Bonchev–Trinajstić information content (AvgIpc) is 2.48. The molecule has 0 aliphatic heterocycles. The van der Waals surface area contributed by atoms with Gasteiger partial charge in [0.25, 0.3) is 5.91 Å². The first-order valence-corrected chi connectivity index (χ1v) is 8.21. The zero-order chi connectivity index (χ0) is 15.2. The molecular weight excluding hydrogens is 332 g/mol. The first-order valence-electron chi connectivity index (χ1n) is 7.42. The predicted octanol–water partition coefficient (Wildman–Crippen LogP) is 3.00. The van der Waals surface area contributed by atoms with E-state index in [2.05, 4.69) is 21.2 Å². The van der Waals surface area contributed by atoms with Gasteiger partial charge in [0.2, 0.25) is 5.91 Å². The molecule has 0 saturated heterocycles. The van der Waals surface area contributed by atoms with Crippen molar-refractivity contribution >= 4 is 27.7 Å². The quantitative estimate of drug-likeness (QED) is 0.854. The summed E-state index contributed by atoms with van der Waals surface area (Å²) in [5.41, 5.74) is 5.98. The highest BCUT2D eigenvalue weighted by molar-refractivity contribution is 9.10. The highest BCUT2D eigenvalue weighted by atomic mass is 79.9. The molecule has 0 bridgehead atoms. The number of benzene rings is 1. The SMILES string of the molecule is NC(=O)[C@H](CC1CCCCC1)NC(=O)c1ccc(Br)cc1. The van der Waals surface area contributed by atoms with Crippen molar-refractivity contribution in [3.05, 3.63) is 34.3 Å². The Kier molecular flexibility index (Phi) is 5.79. The lowest BCUT2D eigenvalue weighted by molar-refractivity contribution is -0.120. The van der Waals surface area contributed by atoms with Crippen LogP contribution >= 0.6 is 15.9 Å². The maximum atomic E-state index is 12.2. The summed E-state index contributed by atoms with van der Waals surface area (Å²) in [6.45, 7) is 0. The molecule has 3 N–H and O–H groups in total. The molecule has 0 unspecified atom stereocenters. The fourth-order valence-corrected chi connectivity index (χ4v) is 3.11. The van der Waals surface area contributed by atoms with Crippen LogP contribution in [0.5, 0.6) is 0 Å². The molecule has 4 nitrogen and oxygen atoms in total. The van der Waals surface area contributed by atoms with E-state index >= 15 is 0 Å². The maximum Gasteiger partial charge on any atom is 0.251 e. The normalized spacial score (nSPS) is 17.2. The van der Waals surface area contributed by atoms with Gasteiger partial charge in [0.1, 0.15) is 6.04 Å². The van der Waals surface area contributed by atoms with Gasteiger partial charge in [0, 0.05) is 10.0 Å². The molecule has 0 radical (unpaired) electrons. The third-order valence-electron chi connectivity index (χ3n) is 4.05. The molecule has 2 amide bonds. The van der Waals surface area contributed by atoms with Gasteiger partial charge in [0.05, 0.1) is 0 Å². The second-order valence-corrected chi connectivity index (χ2v) is 6.59. The van der Waals surface area contributed by atoms with Crippen molar-refractivity contribution in [3.63, 3.8) is 0 Å². The van der Waals surface area contributed by atoms with Crippen LogP contribution in [0.1, 0.15) is 48.9 Å². The van der Waals surface area contributed by atoms with Crippen LogP contribution in [0.3, 0.4) is 0 Å². The minimum Gasteiger partial charge on any atom is -0.368 e. The van der Waals surface area contributed by atoms with Gasteiger partial charge in [-0.15, -0.1) is 0 Å². The summed E-state index contributed by atoms with van der Waals surface area (Å²) in [4.78, 5) is 23.8. The second-order valence-electron chi connectivity index (χ2n) is 5.68. The van der Waals surface area contributed by atoms with Crippen molar-refractivity contribution in [3.8, 4) is 0 Å². The number of nitrogens with two attached hydrogens (primary N) is 1. The first kappa shape index (κ1) is 16.0. The van der Waals surface area contributed by atoms with Crippen LogP contribution in [-0.4, -0.2) is 17.9 Å². The van der Waals surface area contributed by atoms with Crippen molar-refractivity contribution in [2.24, 2.45) is 11.7 Å². The third-order valence-corrected chi connectivity index (χ3v) is 4.58. The van der Waals surface area contributed by atoms with Crippen LogP contribution < -0.4 is 11.1 Å². The predicted molar refractivity (Wildman–Crippen MR) is 85.8 cm³/mol. The van der Waals surface area contributed by atoms with Gasteiger partial charge in [0.15, 0.2) is 0 Å². The fraction of sp³-hybridized carbons (Fsp3) is 0.500. The summed E-state index contributed by atoms with van der Waals surface area (Å²) >= 11 is 3.33. The molecule has 1 aliphatic carbocycles. The van der Waals surface area contributed by atoms with E-state index in [1.807, 2.05) is 0 Å². The number of carbonyl (C=O) groups is 2. The smallest absolute Gasteiger partial charge is 0.251 e. The Balaban J connectivity index is 1.96. The molecular formula is C16H21BrN2O2. The summed E-state index contributed by atoms with van der Waals surface area (Å²) in [6, 6.07) is 6.46. The molecule has 1 aliphatic rings. The number of hydrogen-bond acceptors (Lipinski definition) is 2. The molecule has 21 heavy (non-hydrogen) atoms. The maximum absolute atomic E-state index is 12.2. The third kappa shape index (κ3) is 4.84. The van der Waals surface area contributed by atoms with Gasteiger partial charge in [-0.05, 0) is 36.6 Å². The number of amides is 2. The van der Waals surface area contributed by atoms with E-state index in [9.17, 15) is 9.59 Å². The number of hydrogen-bond donors (Lipinski definition) is 2. The molecule has 1 saturated carbocycles. The Morgan fingerprint density at radius 1 is 1.19 bits per heavy atom. The molecule has 0 spiro atoms. The Morgan fingerprint density at radius 2 is 1.81 bits per heavy atom. The standard InChI is InChI=1S/C16H21BrN2O2/c17-13-8-6-12(7-9-13)16(21)19-14(15(18)20)10-11-4-2-1-3-5-11/h6-9,11,14H,1-5,10H2,(H2,18,20)(H,19,21)/t14-/m0/s1. The summed E-state index contributed by atoms with van der Waals surface area (Å²) in [7, 11) is 0. The first-order chi connectivity index (χ1) is 10.1. The fourth-order valence-electron chi connectivity index (χ4n) is 2.85. The summed E-state index contributed by atoms with van der Waals surface area (Å²) in [5, 5.41) is 2.77. The molecule has 1 atom stereocenters. The van der Waals surface area contributed by atoms with Gasteiger partial charge >= 0.3 is 0 Å². The number of primary amides is 1. The van der Waals surface area contributed by atoms with Gasteiger partial charge in [-0.2, -0.15) is 0 Å². The van der Waals surface area contributed by atoms with E-state index in [4.69, 9.17) is 5.73 Å². The molecule has 0 heterocycles. The highest BCUT2D eigenvalue weighted by Crippen LogP contribution is 2.27. The van der Waals surface area contributed by atoms with Gasteiger partial charge < -0.3 is 11.1 Å². The van der Waals surface area contributed by atoms with Gasteiger partial charge in [-0.25, -0.2) is 0 Å². The van der Waals surface area contributed by atoms with Crippen LogP contribution in [0.25, 0.3) is 0 Å². The van der Waals surface area contributed by atoms with Crippen LogP contribution in [0.4, 0.5) is 0 Å². The molecule has 2 rings (SSSR count). The monoisotopic (exact) mass is 352 g/mol. The minimum absolute atomic E-state index is 0.248. The Morgan fingerprint density at radius 3 is 2.38 bits per heavy atom. The molecule has 1 aromatic rings. The Bertz CT molecular complexity index is 496. The number of nitrogens with one attached hydrogen (secondary N) is 1. The summed E-state index contributed by atoms with van der Waals surface area (Å²) in [5.74, 6) is -0.213. The van der Waals surface area contributed by atoms with Crippen molar-refractivity contribution in [2.45, 2.75) is 44.6 Å². The zero-order valence-corrected chi connectivity index (χ0v) is 13.6. The number of halogens is 1. The average molecular weight is 353 g/mol. The number of rotatable bonds is 5. The molecule has 1 fully saturated rings. The zero-order valence-electron chi connectivity index (χ0n) is 12.0.